The van der Waals surface area contributed by atoms with Crippen molar-refractivity contribution in [3.8, 4) is 5.88 Å². The van der Waals surface area contributed by atoms with Crippen LogP contribution in [-0.2, 0) is 4.74 Å². The van der Waals surface area contributed by atoms with E-state index in [1.54, 1.807) is 7.11 Å². The van der Waals surface area contributed by atoms with E-state index in [1.807, 2.05) is 27.7 Å². The molecule has 1 saturated heterocycles. The lowest BCUT2D eigenvalue weighted by atomic mass is 10.0. The Kier molecular flexibility index (Phi) is 7.80. The van der Waals surface area contributed by atoms with Gasteiger partial charge in [-0.15, -0.1) is 0 Å². The highest BCUT2D eigenvalue weighted by molar-refractivity contribution is 6.30. The van der Waals surface area contributed by atoms with Crippen molar-refractivity contribution in [1.29, 1.82) is 0 Å². The van der Waals surface area contributed by atoms with Crippen LogP contribution in [0.1, 0.15) is 25.1 Å². The van der Waals surface area contributed by atoms with Crippen molar-refractivity contribution in [3.05, 3.63) is 22.2 Å². The molecule has 1 aliphatic rings. The highest BCUT2D eigenvalue weighted by atomic mass is 35.5. The largest absolute Gasteiger partial charge is 0.480 e. The maximum atomic E-state index is 14.8. The third kappa shape index (κ3) is 4.16. The number of ether oxygens (including phenoxy) is 2. The number of hydrogen-bond donors (Lipinski definition) is 0. The van der Waals surface area contributed by atoms with Crippen molar-refractivity contribution >= 4 is 28.2 Å². The summed E-state index contributed by atoms with van der Waals surface area (Å²) in [5.41, 5.74) is 1.50. The lowest BCUT2D eigenvalue weighted by Crippen LogP contribution is -2.53. The predicted octanol–water partition coefficient (Wildman–Crippen LogP) is 3.84. The molecule has 0 saturated carbocycles. The molecule has 1 unspecified atom stereocenters. The third-order valence-corrected chi connectivity index (χ3v) is 5.36. The van der Waals surface area contributed by atoms with Gasteiger partial charge in [-0.3, -0.25) is 4.90 Å². The molecule has 0 radical (unpaired) electrons. The van der Waals surface area contributed by atoms with Crippen molar-refractivity contribution in [2.45, 2.75) is 33.7 Å². The van der Waals surface area contributed by atoms with Crippen LogP contribution in [0, 0.1) is 19.7 Å². The third-order valence-electron chi connectivity index (χ3n) is 5.11. The molecule has 2 aromatic heterocycles. The normalized spacial score (nSPS) is 17.5. The number of likely N-dealkylation sites (N-methyl/N-ethyl adjacent to an activating group) is 1. The summed E-state index contributed by atoms with van der Waals surface area (Å²) in [6.45, 7) is 10.7. The molecule has 0 bridgehead atoms. The zero-order valence-corrected chi connectivity index (χ0v) is 18.5. The number of methoxy groups -OCH3 is 2. The van der Waals surface area contributed by atoms with Gasteiger partial charge in [0.25, 0.3) is 0 Å². The number of rotatable bonds is 4. The van der Waals surface area contributed by atoms with Crippen LogP contribution in [0.4, 0.5) is 10.2 Å². The fraction of sp³-hybridized carbons (Fsp3) is 0.600. The minimum absolute atomic E-state index is 0.190. The number of nitrogens with zero attached hydrogens (tertiary/aromatic N) is 4. The first-order valence-corrected chi connectivity index (χ1v) is 9.90. The molecule has 0 spiro atoms. The van der Waals surface area contributed by atoms with E-state index in [9.17, 15) is 4.39 Å². The second kappa shape index (κ2) is 9.67. The molecule has 8 heteroatoms. The van der Waals surface area contributed by atoms with Crippen molar-refractivity contribution < 1.29 is 13.9 Å². The van der Waals surface area contributed by atoms with Crippen LogP contribution in [0.2, 0.25) is 5.15 Å². The van der Waals surface area contributed by atoms with E-state index in [-0.39, 0.29) is 11.2 Å². The quantitative estimate of drug-likeness (QED) is 0.711. The number of fused-ring (bicyclic) bond motifs is 1. The Hall–Kier alpha value is -1.70. The average molecular weight is 413 g/mol. The summed E-state index contributed by atoms with van der Waals surface area (Å²) in [5.74, 6) is 0.436. The van der Waals surface area contributed by atoms with Gasteiger partial charge >= 0.3 is 0 Å². The first-order chi connectivity index (χ1) is 13.4. The zero-order valence-electron chi connectivity index (χ0n) is 17.8. The Morgan fingerprint density at radius 2 is 1.82 bits per heavy atom. The molecule has 156 valence electrons. The molecule has 28 heavy (non-hydrogen) atoms. The fourth-order valence-electron chi connectivity index (χ4n) is 3.44. The Balaban J connectivity index is 0.00000136. The van der Waals surface area contributed by atoms with Crippen molar-refractivity contribution in [2.75, 3.05) is 52.4 Å². The number of piperazine rings is 1. The lowest BCUT2D eigenvalue weighted by Gasteiger charge is -2.40. The van der Waals surface area contributed by atoms with E-state index < -0.39 is 5.82 Å². The summed E-state index contributed by atoms with van der Waals surface area (Å²) < 4.78 is 25.6. The Labute approximate surface area is 171 Å². The number of aryl methyl sites for hydroxylation is 2. The maximum absolute atomic E-state index is 14.8. The van der Waals surface area contributed by atoms with Crippen LogP contribution < -0.4 is 9.64 Å². The summed E-state index contributed by atoms with van der Waals surface area (Å²) in [5, 5.41) is 0.800. The fourth-order valence-corrected chi connectivity index (χ4v) is 3.61. The van der Waals surface area contributed by atoms with Crippen molar-refractivity contribution in [1.82, 2.24) is 14.9 Å². The van der Waals surface area contributed by atoms with E-state index in [0.717, 1.165) is 30.9 Å². The SMILES string of the molecule is CC.COCC1CN(c2nc(C)c(C)c3c(F)c(Cl)nc(OC)c23)CCN1C. The summed E-state index contributed by atoms with van der Waals surface area (Å²) >= 11 is 5.99. The second-order valence-corrected chi connectivity index (χ2v) is 7.02. The van der Waals surface area contributed by atoms with E-state index in [1.165, 1.54) is 7.11 Å². The first kappa shape index (κ1) is 22.6. The molecule has 1 aliphatic heterocycles. The number of halogens is 2. The Morgan fingerprint density at radius 3 is 2.43 bits per heavy atom. The Morgan fingerprint density at radius 1 is 1.14 bits per heavy atom. The molecule has 0 aliphatic carbocycles. The lowest BCUT2D eigenvalue weighted by molar-refractivity contribution is 0.0986. The molecule has 1 atom stereocenters. The van der Waals surface area contributed by atoms with Crippen molar-refractivity contribution in [3.63, 3.8) is 0 Å². The van der Waals surface area contributed by atoms with Crippen LogP contribution in [0.3, 0.4) is 0 Å². The summed E-state index contributed by atoms with van der Waals surface area (Å²) in [6, 6.07) is 0.225. The molecule has 1 fully saturated rings. The number of aromatic nitrogens is 2. The molecule has 2 aromatic rings. The molecular weight excluding hydrogens is 383 g/mol. The van der Waals surface area contributed by atoms with Gasteiger partial charge in [0.2, 0.25) is 5.88 Å². The van der Waals surface area contributed by atoms with E-state index in [2.05, 4.69) is 21.8 Å². The molecule has 3 rings (SSSR count). The standard InChI is InChI=1S/C18H24ClFN4O2.C2H6/c1-10-11(2)21-17(24-7-6-23(3)12(8-24)9-25-4)14-13(10)15(20)16(19)22-18(14)26-5;1-2/h12H,6-9H2,1-5H3;1-2H3. The molecule has 0 amide bonds. The zero-order chi connectivity index (χ0) is 21.0. The predicted molar refractivity (Wildman–Crippen MR) is 112 cm³/mol. The van der Waals surface area contributed by atoms with Crippen LogP contribution >= 0.6 is 11.6 Å². The van der Waals surface area contributed by atoms with Crippen LogP contribution in [-0.4, -0.2) is 68.4 Å². The van der Waals surface area contributed by atoms with Crippen molar-refractivity contribution in [2.24, 2.45) is 0 Å². The van der Waals surface area contributed by atoms with Gasteiger partial charge in [0.15, 0.2) is 11.0 Å². The number of hydrogen-bond acceptors (Lipinski definition) is 6. The maximum Gasteiger partial charge on any atom is 0.226 e. The highest BCUT2D eigenvalue weighted by Crippen LogP contribution is 2.39. The van der Waals surface area contributed by atoms with E-state index in [0.29, 0.717) is 29.1 Å². The van der Waals surface area contributed by atoms with Crippen LogP contribution in [0.15, 0.2) is 0 Å². The summed E-state index contributed by atoms with van der Waals surface area (Å²) in [6.07, 6.45) is 0. The molecular formula is C20H30ClFN4O2. The monoisotopic (exact) mass is 412 g/mol. The van der Waals surface area contributed by atoms with Gasteiger partial charge in [0.1, 0.15) is 5.82 Å². The van der Waals surface area contributed by atoms with Gasteiger partial charge in [-0.2, -0.15) is 4.98 Å². The van der Waals surface area contributed by atoms with Gasteiger partial charge in [0, 0.05) is 37.8 Å². The number of anilines is 1. The van der Waals surface area contributed by atoms with Gasteiger partial charge in [-0.1, -0.05) is 25.4 Å². The van der Waals surface area contributed by atoms with Gasteiger partial charge in [-0.05, 0) is 26.5 Å². The Bertz CT molecular complexity index is 826. The smallest absolute Gasteiger partial charge is 0.226 e. The first-order valence-electron chi connectivity index (χ1n) is 9.53. The molecule has 6 nitrogen and oxygen atoms in total. The highest BCUT2D eigenvalue weighted by Gasteiger charge is 2.29. The van der Waals surface area contributed by atoms with E-state index in [4.69, 9.17) is 26.1 Å². The van der Waals surface area contributed by atoms with Gasteiger partial charge in [-0.25, -0.2) is 9.37 Å². The molecule has 3 heterocycles. The van der Waals surface area contributed by atoms with Crippen LogP contribution in [0.25, 0.3) is 10.8 Å². The van der Waals surface area contributed by atoms with E-state index >= 15 is 0 Å². The minimum Gasteiger partial charge on any atom is -0.480 e. The summed E-state index contributed by atoms with van der Waals surface area (Å²) in [4.78, 5) is 13.3. The summed E-state index contributed by atoms with van der Waals surface area (Å²) in [7, 11) is 5.28. The minimum atomic E-state index is -0.533. The molecule has 0 N–H and O–H groups in total. The average Bonchev–Trinajstić information content (AvgIpc) is 2.70. The van der Waals surface area contributed by atoms with Crippen LogP contribution in [0.5, 0.6) is 5.88 Å². The molecule has 0 aromatic carbocycles. The van der Waals surface area contributed by atoms with Gasteiger partial charge < -0.3 is 14.4 Å². The van der Waals surface area contributed by atoms with Gasteiger partial charge in [0.05, 0.1) is 25.1 Å². The number of pyridine rings is 2. The second-order valence-electron chi connectivity index (χ2n) is 6.66. The topological polar surface area (TPSA) is 50.7 Å².